The fourth-order valence-corrected chi connectivity index (χ4v) is 1.15. The lowest BCUT2D eigenvalue weighted by Crippen LogP contribution is -2.35. The van der Waals surface area contributed by atoms with E-state index in [1.54, 1.807) is 0 Å². The lowest BCUT2D eigenvalue weighted by Gasteiger charge is -2.19. The van der Waals surface area contributed by atoms with Crippen molar-refractivity contribution in [2.45, 2.75) is 19.5 Å². The Morgan fingerprint density at radius 1 is 1.57 bits per heavy atom. The van der Waals surface area contributed by atoms with Crippen molar-refractivity contribution < 1.29 is 0 Å². The van der Waals surface area contributed by atoms with E-state index in [0.717, 1.165) is 13.1 Å². The van der Waals surface area contributed by atoms with Gasteiger partial charge < -0.3 is 14.8 Å². The quantitative estimate of drug-likeness (QED) is 0.742. The molecule has 1 aromatic rings. The molecule has 0 aliphatic rings. The van der Waals surface area contributed by atoms with Gasteiger partial charge in [-0.25, -0.2) is 4.98 Å². The van der Waals surface area contributed by atoms with Crippen molar-refractivity contribution in [3.05, 3.63) is 18.2 Å². The van der Waals surface area contributed by atoms with E-state index in [0.29, 0.717) is 6.04 Å². The molecular formula is C10H20N4. The Bertz CT molecular complexity index is 267. The topological polar surface area (TPSA) is 33.1 Å². The van der Waals surface area contributed by atoms with Gasteiger partial charge in [0.2, 0.25) is 0 Å². The highest BCUT2D eigenvalue weighted by molar-refractivity contribution is 4.96. The maximum absolute atomic E-state index is 4.07. The summed E-state index contributed by atoms with van der Waals surface area (Å²) in [6.45, 7) is 4.09. The highest BCUT2D eigenvalue weighted by Crippen LogP contribution is 1.95. The Morgan fingerprint density at radius 3 is 2.79 bits per heavy atom. The number of aromatic nitrogens is 2. The van der Waals surface area contributed by atoms with Gasteiger partial charge in [-0.05, 0) is 21.0 Å². The van der Waals surface area contributed by atoms with Gasteiger partial charge in [-0.3, -0.25) is 0 Å². The van der Waals surface area contributed by atoms with E-state index < -0.39 is 0 Å². The summed E-state index contributed by atoms with van der Waals surface area (Å²) < 4.78 is 2.04. The van der Waals surface area contributed by atoms with Crippen LogP contribution in [0.15, 0.2) is 12.5 Å². The molecule has 0 bridgehead atoms. The summed E-state index contributed by atoms with van der Waals surface area (Å²) in [5.41, 5.74) is 1.22. The summed E-state index contributed by atoms with van der Waals surface area (Å²) in [6, 6.07) is 0.559. The molecule has 0 aromatic carbocycles. The zero-order chi connectivity index (χ0) is 10.6. The molecule has 1 N–H and O–H groups in total. The second-order valence-corrected chi connectivity index (χ2v) is 3.94. The van der Waals surface area contributed by atoms with Crippen LogP contribution in [0.25, 0.3) is 0 Å². The molecule has 14 heavy (non-hydrogen) atoms. The number of rotatable bonds is 5. The van der Waals surface area contributed by atoms with Crippen LogP contribution in [0.4, 0.5) is 0 Å². The highest BCUT2D eigenvalue weighted by Gasteiger charge is 2.03. The first kappa shape index (κ1) is 11.2. The van der Waals surface area contributed by atoms with Gasteiger partial charge in [-0.2, -0.15) is 0 Å². The first-order chi connectivity index (χ1) is 6.61. The molecule has 0 amide bonds. The number of nitrogens with zero attached hydrogens (tertiary/aromatic N) is 3. The minimum absolute atomic E-state index is 0.559. The van der Waals surface area contributed by atoms with Crippen molar-refractivity contribution in [2.75, 3.05) is 20.6 Å². The second-order valence-electron chi connectivity index (χ2n) is 3.94. The van der Waals surface area contributed by atoms with Crippen molar-refractivity contribution in [1.29, 1.82) is 0 Å². The first-order valence-electron chi connectivity index (χ1n) is 4.93. The average molecular weight is 196 g/mol. The SMILES string of the molecule is CC(CNCc1cncn1C)N(C)C. The zero-order valence-electron chi connectivity index (χ0n) is 9.49. The second kappa shape index (κ2) is 5.12. The molecule has 1 atom stereocenters. The molecule has 0 spiro atoms. The van der Waals surface area contributed by atoms with E-state index >= 15 is 0 Å². The van der Waals surface area contributed by atoms with Gasteiger partial charge in [-0.15, -0.1) is 0 Å². The fourth-order valence-electron chi connectivity index (χ4n) is 1.15. The molecule has 0 fully saturated rings. The summed E-state index contributed by atoms with van der Waals surface area (Å²) >= 11 is 0. The Labute approximate surface area is 85.9 Å². The number of nitrogens with one attached hydrogen (secondary N) is 1. The summed E-state index contributed by atoms with van der Waals surface area (Å²) in [4.78, 5) is 6.27. The molecule has 4 heteroatoms. The van der Waals surface area contributed by atoms with Crippen LogP contribution >= 0.6 is 0 Å². The lowest BCUT2D eigenvalue weighted by molar-refractivity contribution is 0.302. The average Bonchev–Trinajstić information content (AvgIpc) is 2.51. The summed E-state index contributed by atoms with van der Waals surface area (Å²) in [6.07, 6.45) is 3.72. The van der Waals surface area contributed by atoms with Crippen LogP contribution in [0.5, 0.6) is 0 Å². The van der Waals surface area contributed by atoms with E-state index in [4.69, 9.17) is 0 Å². The molecule has 0 aliphatic heterocycles. The standard InChI is InChI=1S/C10H20N4/c1-9(13(2)3)5-11-6-10-7-12-8-14(10)4/h7-9,11H,5-6H2,1-4H3. The number of hydrogen-bond acceptors (Lipinski definition) is 3. The third kappa shape index (κ3) is 3.12. The molecule has 1 rings (SSSR count). The van der Waals surface area contributed by atoms with E-state index in [1.807, 2.05) is 24.1 Å². The minimum Gasteiger partial charge on any atom is -0.337 e. The van der Waals surface area contributed by atoms with Gasteiger partial charge in [0.15, 0.2) is 0 Å². The van der Waals surface area contributed by atoms with Gasteiger partial charge >= 0.3 is 0 Å². The predicted octanol–water partition coefficient (Wildman–Crippen LogP) is 0.460. The molecule has 4 nitrogen and oxygen atoms in total. The molecule has 1 heterocycles. The van der Waals surface area contributed by atoms with Crippen molar-refractivity contribution in [3.63, 3.8) is 0 Å². The van der Waals surface area contributed by atoms with E-state index in [2.05, 4.69) is 36.2 Å². The van der Waals surface area contributed by atoms with Crippen molar-refractivity contribution in [3.8, 4) is 0 Å². The summed E-state index contributed by atoms with van der Waals surface area (Å²) in [5.74, 6) is 0. The summed E-state index contributed by atoms with van der Waals surface area (Å²) in [7, 11) is 6.20. The van der Waals surface area contributed by atoms with Gasteiger partial charge in [-0.1, -0.05) is 0 Å². The van der Waals surface area contributed by atoms with Crippen LogP contribution in [0.3, 0.4) is 0 Å². The zero-order valence-corrected chi connectivity index (χ0v) is 9.49. The first-order valence-corrected chi connectivity index (χ1v) is 4.93. The molecule has 0 radical (unpaired) electrons. The molecular weight excluding hydrogens is 176 g/mol. The number of likely N-dealkylation sites (N-methyl/N-ethyl adjacent to an activating group) is 1. The van der Waals surface area contributed by atoms with Gasteiger partial charge in [0.25, 0.3) is 0 Å². The third-order valence-electron chi connectivity index (χ3n) is 2.54. The van der Waals surface area contributed by atoms with Crippen LogP contribution in [-0.2, 0) is 13.6 Å². The number of aryl methyl sites for hydroxylation is 1. The largest absolute Gasteiger partial charge is 0.337 e. The van der Waals surface area contributed by atoms with Crippen molar-refractivity contribution in [1.82, 2.24) is 19.8 Å². The molecule has 80 valence electrons. The van der Waals surface area contributed by atoms with Crippen LogP contribution in [0.1, 0.15) is 12.6 Å². The van der Waals surface area contributed by atoms with Gasteiger partial charge in [0, 0.05) is 32.4 Å². The van der Waals surface area contributed by atoms with Crippen LogP contribution in [0.2, 0.25) is 0 Å². The number of hydrogen-bond donors (Lipinski definition) is 1. The van der Waals surface area contributed by atoms with Gasteiger partial charge in [0.05, 0.1) is 12.0 Å². The van der Waals surface area contributed by atoms with Crippen LogP contribution in [-0.4, -0.2) is 41.1 Å². The molecule has 1 unspecified atom stereocenters. The fraction of sp³-hybridized carbons (Fsp3) is 0.700. The normalized spacial score (nSPS) is 13.5. The monoisotopic (exact) mass is 196 g/mol. The van der Waals surface area contributed by atoms with Crippen LogP contribution < -0.4 is 5.32 Å². The van der Waals surface area contributed by atoms with E-state index in [-0.39, 0.29) is 0 Å². The smallest absolute Gasteiger partial charge is 0.0945 e. The van der Waals surface area contributed by atoms with E-state index in [1.165, 1.54) is 5.69 Å². The Balaban J connectivity index is 2.25. The summed E-state index contributed by atoms with van der Waals surface area (Å²) in [5, 5.41) is 3.41. The predicted molar refractivity (Wildman–Crippen MR) is 58.1 cm³/mol. The molecule has 0 saturated heterocycles. The van der Waals surface area contributed by atoms with Crippen molar-refractivity contribution >= 4 is 0 Å². The maximum Gasteiger partial charge on any atom is 0.0945 e. The Kier molecular flexibility index (Phi) is 4.10. The third-order valence-corrected chi connectivity index (χ3v) is 2.54. The van der Waals surface area contributed by atoms with Crippen LogP contribution in [0, 0.1) is 0 Å². The van der Waals surface area contributed by atoms with E-state index in [9.17, 15) is 0 Å². The maximum atomic E-state index is 4.07. The molecule has 0 aliphatic carbocycles. The Hall–Kier alpha value is -0.870. The van der Waals surface area contributed by atoms with Gasteiger partial charge in [0.1, 0.15) is 0 Å². The highest BCUT2D eigenvalue weighted by atomic mass is 15.1. The number of imidazole rings is 1. The Morgan fingerprint density at radius 2 is 2.29 bits per heavy atom. The molecule has 1 aromatic heterocycles. The molecule has 0 saturated carbocycles. The van der Waals surface area contributed by atoms with Crippen molar-refractivity contribution in [2.24, 2.45) is 7.05 Å². The minimum atomic E-state index is 0.559. The lowest BCUT2D eigenvalue weighted by atomic mass is 10.3.